The van der Waals surface area contributed by atoms with Crippen LogP contribution < -0.4 is 4.72 Å². The summed E-state index contributed by atoms with van der Waals surface area (Å²) in [5.74, 6) is -0.240. The second-order valence-electron chi connectivity index (χ2n) is 5.01. The Kier molecular flexibility index (Phi) is 6.36. The maximum absolute atomic E-state index is 12.4. The third-order valence-electron chi connectivity index (χ3n) is 3.62. The van der Waals surface area contributed by atoms with Gasteiger partial charge >= 0.3 is 5.97 Å². The lowest BCUT2D eigenvalue weighted by Crippen LogP contribution is -2.29. The Balaban J connectivity index is 3.04. The van der Waals surface area contributed by atoms with E-state index in [4.69, 9.17) is 0 Å². The summed E-state index contributed by atoms with van der Waals surface area (Å²) in [6.45, 7) is 6.17. The number of rotatable bonds is 7. The molecule has 0 aliphatic carbocycles. The maximum Gasteiger partial charge on any atom is 0.337 e. The van der Waals surface area contributed by atoms with Crippen LogP contribution >= 0.6 is 0 Å². The number of carbonyl (C=O) groups excluding carboxylic acids is 1. The van der Waals surface area contributed by atoms with Crippen LogP contribution in [0.1, 0.15) is 42.6 Å². The molecule has 1 N–H and O–H groups in total. The molecule has 0 unspecified atom stereocenters. The van der Waals surface area contributed by atoms with Crippen molar-refractivity contribution in [2.45, 2.75) is 38.5 Å². The third kappa shape index (κ3) is 4.54. The Labute approximate surface area is 126 Å². The van der Waals surface area contributed by atoms with E-state index in [9.17, 15) is 13.2 Å². The Morgan fingerprint density at radius 2 is 1.90 bits per heavy atom. The minimum atomic E-state index is -3.63. The van der Waals surface area contributed by atoms with Gasteiger partial charge in [-0.15, -0.1) is 0 Å². The minimum absolute atomic E-state index is 0.122. The summed E-state index contributed by atoms with van der Waals surface area (Å²) in [6.07, 6.45) is 1.83. The van der Waals surface area contributed by atoms with Crippen LogP contribution in [0.3, 0.4) is 0 Å². The molecule has 6 heteroatoms. The fourth-order valence-corrected chi connectivity index (χ4v) is 3.40. The smallest absolute Gasteiger partial charge is 0.337 e. The van der Waals surface area contributed by atoms with E-state index in [0.717, 1.165) is 12.8 Å². The zero-order chi connectivity index (χ0) is 16.0. The van der Waals surface area contributed by atoms with Crippen molar-refractivity contribution < 1.29 is 17.9 Å². The number of benzene rings is 1. The Morgan fingerprint density at radius 3 is 2.43 bits per heavy atom. The molecule has 118 valence electrons. The standard InChI is InChI=1S/C15H23NO4S/c1-5-12(6-2)10-16-21(18,19)14-9-13(15(17)20-4)8-7-11(14)3/h7-9,12,16H,5-6,10H2,1-4H3. The van der Waals surface area contributed by atoms with Crippen molar-refractivity contribution in [3.8, 4) is 0 Å². The predicted octanol–water partition coefficient (Wildman–Crippen LogP) is 2.50. The van der Waals surface area contributed by atoms with Crippen LogP contribution in [-0.2, 0) is 14.8 Å². The Morgan fingerprint density at radius 1 is 1.29 bits per heavy atom. The highest BCUT2D eigenvalue weighted by Gasteiger charge is 2.20. The SMILES string of the molecule is CCC(CC)CNS(=O)(=O)c1cc(C(=O)OC)ccc1C. The molecule has 0 radical (unpaired) electrons. The van der Waals surface area contributed by atoms with Gasteiger partial charge in [0.15, 0.2) is 0 Å². The van der Waals surface area contributed by atoms with E-state index in [1.807, 2.05) is 13.8 Å². The molecule has 1 aromatic carbocycles. The first kappa shape index (κ1) is 17.7. The maximum atomic E-state index is 12.4. The third-order valence-corrected chi connectivity index (χ3v) is 5.18. The van der Waals surface area contributed by atoms with E-state index in [1.54, 1.807) is 19.1 Å². The first-order chi connectivity index (χ1) is 9.85. The van der Waals surface area contributed by atoms with Gasteiger partial charge in [-0.1, -0.05) is 32.8 Å². The van der Waals surface area contributed by atoms with Crippen molar-refractivity contribution in [1.29, 1.82) is 0 Å². The molecule has 0 aromatic heterocycles. The summed E-state index contributed by atoms with van der Waals surface area (Å²) in [5, 5.41) is 0. The predicted molar refractivity (Wildman–Crippen MR) is 81.8 cm³/mol. The first-order valence-corrected chi connectivity index (χ1v) is 8.52. The summed E-state index contributed by atoms with van der Waals surface area (Å²) < 4.78 is 32.0. The average molecular weight is 313 g/mol. The van der Waals surface area contributed by atoms with Crippen molar-refractivity contribution in [2.24, 2.45) is 5.92 Å². The molecule has 0 saturated carbocycles. The Bertz CT molecular complexity index is 592. The van der Waals surface area contributed by atoms with Crippen molar-refractivity contribution in [1.82, 2.24) is 4.72 Å². The quantitative estimate of drug-likeness (QED) is 0.785. The van der Waals surface area contributed by atoms with Gasteiger partial charge in [0.05, 0.1) is 17.6 Å². The van der Waals surface area contributed by atoms with E-state index in [0.29, 0.717) is 18.0 Å². The minimum Gasteiger partial charge on any atom is -0.465 e. The van der Waals surface area contributed by atoms with E-state index < -0.39 is 16.0 Å². The van der Waals surface area contributed by atoms with Gasteiger partial charge < -0.3 is 4.74 Å². The lowest BCUT2D eigenvalue weighted by atomic mass is 10.0. The van der Waals surface area contributed by atoms with Crippen LogP contribution in [0, 0.1) is 12.8 Å². The molecular formula is C15H23NO4S. The number of nitrogens with one attached hydrogen (secondary N) is 1. The summed E-state index contributed by atoms with van der Waals surface area (Å²) >= 11 is 0. The number of methoxy groups -OCH3 is 1. The molecule has 21 heavy (non-hydrogen) atoms. The molecule has 0 saturated heterocycles. The van der Waals surface area contributed by atoms with Gasteiger partial charge in [-0.05, 0) is 30.5 Å². The fourth-order valence-electron chi connectivity index (χ4n) is 2.02. The molecular weight excluding hydrogens is 290 g/mol. The zero-order valence-electron chi connectivity index (χ0n) is 13.0. The summed E-state index contributed by atoms with van der Waals surface area (Å²) in [5.41, 5.74) is 0.825. The highest BCUT2D eigenvalue weighted by atomic mass is 32.2. The zero-order valence-corrected chi connectivity index (χ0v) is 13.8. The molecule has 5 nitrogen and oxygen atoms in total. The second-order valence-corrected chi connectivity index (χ2v) is 6.74. The molecule has 0 amide bonds. The lowest BCUT2D eigenvalue weighted by Gasteiger charge is -2.15. The number of hydrogen-bond donors (Lipinski definition) is 1. The monoisotopic (exact) mass is 313 g/mol. The molecule has 1 rings (SSSR count). The Hall–Kier alpha value is -1.40. The van der Waals surface area contributed by atoms with Gasteiger partial charge in [0.2, 0.25) is 10.0 Å². The number of ether oxygens (including phenoxy) is 1. The van der Waals surface area contributed by atoms with Crippen LogP contribution in [0.15, 0.2) is 23.1 Å². The van der Waals surface area contributed by atoms with Crippen LogP contribution in [0.25, 0.3) is 0 Å². The fraction of sp³-hybridized carbons (Fsp3) is 0.533. The van der Waals surface area contributed by atoms with E-state index >= 15 is 0 Å². The van der Waals surface area contributed by atoms with Crippen molar-refractivity contribution in [3.63, 3.8) is 0 Å². The molecule has 0 heterocycles. The number of hydrogen-bond acceptors (Lipinski definition) is 4. The molecule has 0 fully saturated rings. The van der Waals surface area contributed by atoms with Gasteiger partial charge in [-0.3, -0.25) is 0 Å². The van der Waals surface area contributed by atoms with Gasteiger partial charge in [-0.2, -0.15) is 0 Å². The molecule has 0 aliphatic rings. The highest BCUT2D eigenvalue weighted by Crippen LogP contribution is 2.18. The molecule has 0 bridgehead atoms. The number of esters is 1. The number of sulfonamides is 1. The van der Waals surface area contributed by atoms with E-state index in [-0.39, 0.29) is 10.5 Å². The summed E-state index contributed by atoms with van der Waals surface area (Å²) in [4.78, 5) is 11.6. The normalized spacial score (nSPS) is 11.7. The molecule has 0 atom stereocenters. The van der Waals surface area contributed by atoms with E-state index in [1.165, 1.54) is 13.2 Å². The van der Waals surface area contributed by atoms with Gasteiger partial charge in [0.25, 0.3) is 0 Å². The lowest BCUT2D eigenvalue weighted by molar-refractivity contribution is 0.0600. The average Bonchev–Trinajstić information content (AvgIpc) is 2.47. The first-order valence-electron chi connectivity index (χ1n) is 7.04. The summed E-state index contributed by atoms with van der Waals surface area (Å²) in [7, 11) is -2.36. The number of carbonyl (C=O) groups is 1. The topological polar surface area (TPSA) is 72.5 Å². The van der Waals surface area contributed by atoms with Crippen molar-refractivity contribution in [3.05, 3.63) is 29.3 Å². The highest BCUT2D eigenvalue weighted by molar-refractivity contribution is 7.89. The van der Waals surface area contributed by atoms with Gasteiger partial charge in [0, 0.05) is 6.54 Å². The van der Waals surface area contributed by atoms with Crippen LogP contribution in [-0.4, -0.2) is 28.0 Å². The molecule has 0 aliphatic heterocycles. The summed E-state index contributed by atoms with van der Waals surface area (Å²) in [6, 6.07) is 4.52. The van der Waals surface area contributed by atoms with Crippen LogP contribution in [0.5, 0.6) is 0 Å². The largest absolute Gasteiger partial charge is 0.465 e. The van der Waals surface area contributed by atoms with Crippen molar-refractivity contribution >= 4 is 16.0 Å². The van der Waals surface area contributed by atoms with Gasteiger partial charge in [-0.25, -0.2) is 17.9 Å². The van der Waals surface area contributed by atoms with Crippen LogP contribution in [0.4, 0.5) is 0 Å². The second kappa shape index (κ2) is 7.56. The molecule has 1 aromatic rings. The van der Waals surface area contributed by atoms with Crippen LogP contribution in [0.2, 0.25) is 0 Å². The molecule has 0 spiro atoms. The van der Waals surface area contributed by atoms with Crippen molar-refractivity contribution in [2.75, 3.05) is 13.7 Å². The van der Waals surface area contributed by atoms with Gasteiger partial charge in [0.1, 0.15) is 0 Å². The number of aryl methyl sites for hydroxylation is 1. The van der Waals surface area contributed by atoms with E-state index in [2.05, 4.69) is 9.46 Å².